The Morgan fingerprint density at radius 2 is 1.27 bits per heavy atom. The van der Waals surface area contributed by atoms with Crippen molar-refractivity contribution in [3.8, 4) is 0 Å². The van der Waals surface area contributed by atoms with Crippen molar-refractivity contribution in [2.75, 3.05) is 13.6 Å². The molecule has 1 aromatic carbocycles. The number of piperidine rings is 1. The van der Waals surface area contributed by atoms with Gasteiger partial charge in [0, 0.05) is 49.0 Å². The highest BCUT2D eigenvalue weighted by Gasteiger charge is 2.49. The molecule has 3 atom stereocenters. The monoisotopic (exact) mass is 807 g/mol. The zero-order chi connectivity index (χ0) is 40.9. The van der Waals surface area contributed by atoms with Gasteiger partial charge in [-0.3, -0.25) is 9.80 Å². The van der Waals surface area contributed by atoms with Gasteiger partial charge in [-0.15, -0.1) is 0 Å². The summed E-state index contributed by atoms with van der Waals surface area (Å²) in [5.41, 5.74) is 1.68. The highest BCUT2D eigenvalue weighted by atomic mass is 32.2. The molecule has 52 heavy (non-hydrogen) atoms. The number of rotatable bonds is 3. The van der Waals surface area contributed by atoms with E-state index in [1.807, 2.05) is 9.80 Å². The van der Waals surface area contributed by atoms with E-state index in [2.05, 4.69) is 5.10 Å². The molecule has 0 bridgehead atoms. The number of alkyl halides is 12. The average molecular weight is 808 g/mol. The Balaban J connectivity index is 0.000000525. The molecule has 2 aliphatic rings. The minimum absolute atomic E-state index is 0.0313. The topological polar surface area (TPSA) is 196 Å². The molecule has 0 spiro atoms. The Labute approximate surface area is 280 Å². The predicted molar refractivity (Wildman–Crippen MR) is 141 cm³/mol. The second-order valence-electron chi connectivity index (χ2n) is 10.3. The van der Waals surface area contributed by atoms with E-state index in [0.29, 0.717) is 18.5 Å². The zero-order valence-electron chi connectivity index (χ0n) is 25.3. The van der Waals surface area contributed by atoms with Crippen molar-refractivity contribution in [3.05, 3.63) is 52.9 Å². The third kappa shape index (κ3) is 12.4. The number of nitrogens with zero attached hydrogens (tertiary/aromatic N) is 4. The largest absolute Gasteiger partial charge is 0.518 e. The Kier molecular flexibility index (Phi) is 14.6. The Morgan fingerprint density at radius 1 is 0.827 bits per heavy atom. The lowest BCUT2D eigenvalue weighted by Crippen LogP contribution is -2.54. The fourth-order valence-electron chi connectivity index (χ4n) is 4.40. The van der Waals surface area contributed by atoms with E-state index in [4.69, 9.17) is 35.4 Å². The van der Waals surface area contributed by atoms with E-state index in [1.54, 1.807) is 7.05 Å². The molecule has 5 N–H and O–H groups in total. The maximum absolute atomic E-state index is 14.3. The van der Waals surface area contributed by atoms with Crippen molar-refractivity contribution in [2.45, 2.75) is 61.7 Å². The molecule has 0 aliphatic carbocycles. The number of benzene rings is 1. The van der Waals surface area contributed by atoms with Crippen LogP contribution in [0, 0.1) is 11.6 Å². The molecule has 4 rings (SSSR count). The molecule has 0 unspecified atom stereocenters. The molecule has 0 amide bonds. The summed E-state index contributed by atoms with van der Waals surface area (Å²) < 4.78 is 184. The van der Waals surface area contributed by atoms with Crippen LogP contribution >= 0.6 is 0 Å². The molecule has 2 aliphatic heterocycles. The van der Waals surface area contributed by atoms with Crippen LogP contribution in [0.5, 0.6) is 0 Å². The van der Waals surface area contributed by atoms with Crippen molar-refractivity contribution >= 4 is 27.9 Å². The quantitative estimate of drug-likeness (QED) is 0.328. The lowest BCUT2D eigenvalue weighted by atomic mass is 9.88. The maximum atomic E-state index is 14.3. The summed E-state index contributed by atoms with van der Waals surface area (Å²) in [6.45, 7) is 0.840. The van der Waals surface area contributed by atoms with Crippen LogP contribution in [0.2, 0.25) is 0 Å². The van der Waals surface area contributed by atoms with Crippen molar-refractivity contribution in [1.29, 1.82) is 0 Å². The predicted octanol–water partition coefficient (Wildman–Crippen LogP) is 3.85. The van der Waals surface area contributed by atoms with Gasteiger partial charge in [0.05, 0.1) is 11.7 Å². The summed E-state index contributed by atoms with van der Waals surface area (Å²) in [5, 5.41) is 25.0. The molecule has 1 fully saturated rings. The van der Waals surface area contributed by atoms with Crippen LogP contribution in [0.3, 0.4) is 0 Å². The summed E-state index contributed by atoms with van der Waals surface area (Å²) in [5.74, 6) is -9.38. The Hall–Kier alpha value is -4.31. The fourth-order valence-corrected chi connectivity index (χ4v) is 5.09. The third-order valence-electron chi connectivity index (χ3n) is 6.57. The molecule has 2 aromatic rings. The summed E-state index contributed by atoms with van der Waals surface area (Å²) in [4.78, 5) is 30.4. The summed E-state index contributed by atoms with van der Waals surface area (Å²) in [7, 11) is -3.82. The number of hydrogen-bond acceptors (Lipinski definition) is 9. The van der Waals surface area contributed by atoms with Gasteiger partial charge < -0.3 is 21.1 Å². The number of aliphatic carboxylic acids is 3. The zero-order valence-corrected chi connectivity index (χ0v) is 26.1. The van der Waals surface area contributed by atoms with E-state index in [-0.39, 0.29) is 34.5 Å². The average Bonchev–Trinajstić information content (AvgIpc) is 3.54. The molecule has 3 heterocycles. The lowest BCUT2D eigenvalue weighted by molar-refractivity contribution is -0.193. The van der Waals surface area contributed by atoms with Gasteiger partial charge in [0.25, 0.3) is 0 Å². The van der Waals surface area contributed by atoms with E-state index < -0.39 is 75.7 Å². The van der Waals surface area contributed by atoms with E-state index in [1.165, 1.54) is 0 Å². The van der Waals surface area contributed by atoms with Crippen molar-refractivity contribution in [3.63, 3.8) is 0 Å². The molecule has 0 saturated carbocycles. The van der Waals surface area contributed by atoms with E-state index >= 15 is 0 Å². The molecule has 1 saturated heterocycles. The van der Waals surface area contributed by atoms with Crippen molar-refractivity contribution in [2.24, 2.45) is 5.73 Å². The fraction of sp³-hybridized carbons (Fsp3) is 0.500. The number of carbonyl (C=O) groups is 3. The number of likely N-dealkylation sites (N-methyl/N-ethyl adjacent to an activating group) is 1. The number of aromatic nitrogens is 2. The SMILES string of the molecule is CN1C[C@H](N2Cc3cn(S(=O)(=O)C(F)(F)F)nc3C2)C[C@H](N)[C@H]1c1cc(F)ccc1F.O=C(O)C(F)(F)F.O=C(O)C(F)(F)F.O=C(O)C(F)(F)F. The van der Waals surface area contributed by atoms with Gasteiger partial charge in [-0.25, -0.2) is 23.2 Å². The number of likely N-dealkylation sites (tertiary alicyclic amines) is 1. The summed E-state index contributed by atoms with van der Waals surface area (Å²) in [6, 6.07) is 2.07. The molecule has 13 nitrogen and oxygen atoms in total. The number of hydrogen-bond donors (Lipinski definition) is 4. The second kappa shape index (κ2) is 16.6. The molecule has 28 heteroatoms. The molecular formula is C24H23F14N5O8S. The van der Waals surface area contributed by atoms with Gasteiger partial charge in [0.15, 0.2) is 0 Å². The minimum atomic E-state index is -5.57. The van der Waals surface area contributed by atoms with Crippen LogP contribution in [-0.2, 0) is 37.5 Å². The smallest absolute Gasteiger partial charge is 0.475 e. The summed E-state index contributed by atoms with van der Waals surface area (Å²) >= 11 is 0. The van der Waals surface area contributed by atoms with Gasteiger partial charge in [0.1, 0.15) is 11.6 Å². The first kappa shape index (κ1) is 45.7. The van der Waals surface area contributed by atoms with Crippen LogP contribution in [0.1, 0.15) is 29.3 Å². The van der Waals surface area contributed by atoms with Crippen molar-refractivity contribution in [1.82, 2.24) is 19.0 Å². The molecule has 296 valence electrons. The number of carboxylic acid groups (broad SMARTS) is 3. The standard InChI is InChI=1S/C18H20F5N5O2S.3C2HF3O2/c1-26-8-12(5-15(24)17(26)13-4-11(19)2-3-14(13)20)27-6-10-7-28(25-16(10)9-27)31(29,30)18(21,22)23;3*3-2(4,5)1(6)7/h2-4,7,12,15,17H,5-6,8-9,24H2,1H3;3*(H,6,7)/t12-,15+,17-;;;/m1.../s1. The number of fused-ring (bicyclic) bond motifs is 1. The van der Waals surface area contributed by atoms with Crippen LogP contribution in [-0.4, -0.2) is 110 Å². The first-order chi connectivity index (χ1) is 23.2. The first-order valence-corrected chi connectivity index (χ1v) is 14.6. The maximum Gasteiger partial charge on any atom is 0.518 e. The van der Waals surface area contributed by atoms with Crippen LogP contribution in [0.15, 0.2) is 24.4 Å². The van der Waals surface area contributed by atoms with Gasteiger partial charge in [-0.1, -0.05) is 0 Å². The Morgan fingerprint density at radius 3 is 1.63 bits per heavy atom. The van der Waals surface area contributed by atoms with Crippen molar-refractivity contribution < 1.29 is 99.6 Å². The lowest BCUT2D eigenvalue weighted by Gasteiger charge is -2.44. The highest BCUT2D eigenvalue weighted by Crippen LogP contribution is 2.36. The van der Waals surface area contributed by atoms with E-state index in [9.17, 15) is 69.9 Å². The van der Waals surface area contributed by atoms with Gasteiger partial charge >= 0.3 is 52.0 Å². The van der Waals surface area contributed by atoms with Gasteiger partial charge in [-0.2, -0.15) is 70.3 Å². The summed E-state index contributed by atoms with van der Waals surface area (Å²) in [6.07, 6.45) is -13.9. The Bertz CT molecular complexity index is 1600. The normalized spacial score (nSPS) is 19.9. The number of halogens is 14. The molecule has 0 radical (unpaired) electrons. The minimum Gasteiger partial charge on any atom is -0.475 e. The van der Waals surface area contributed by atoms with Crippen LogP contribution < -0.4 is 5.73 Å². The number of carboxylic acids is 3. The second-order valence-corrected chi connectivity index (χ2v) is 12.1. The first-order valence-electron chi connectivity index (χ1n) is 13.2. The van der Waals surface area contributed by atoms with Crippen LogP contribution in [0.25, 0.3) is 0 Å². The third-order valence-corrected chi connectivity index (χ3v) is 7.83. The van der Waals surface area contributed by atoms with Gasteiger partial charge in [-0.05, 0) is 31.7 Å². The van der Waals surface area contributed by atoms with E-state index in [0.717, 1.165) is 24.4 Å². The molecular weight excluding hydrogens is 784 g/mol. The van der Waals surface area contributed by atoms with Crippen LogP contribution in [0.4, 0.5) is 61.5 Å². The van der Waals surface area contributed by atoms with Gasteiger partial charge in [0.2, 0.25) is 0 Å². The number of nitrogens with two attached hydrogens (primary N) is 1. The molecule has 1 aromatic heterocycles. The highest BCUT2D eigenvalue weighted by molar-refractivity contribution is 7.90.